The first-order valence-electron chi connectivity index (χ1n) is 7.28. The molecule has 0 aliphatic heterocycles. The molecular weight excluding hydrogens is 258 g/mol. The molecule has 0 radical (unpaired) electrons. The topological polar surface area (TPSA) is 37.8 Å². The number of aryl methyl sites for hydroxylation is 1. The molecule has 2 aromatic heterocycles. The maximum atomic E-state index is 4.55. The highest BCUT2D eigenvalue weighted by atomic mass is 14.9. The standard InChI is InChI=1S/C18H19N3/c1-19-17(10-9-14-5-3-11-20-13-14)16-8-2-6-15-7-4-12-21-18(15)16/h2-8,11-13,17,19H,9-10H2,1H3. The molecule has 1 unspecified atom stereocenters. The van der Waals surface area contributed by atoms with E-state index in [1.165, 1.54) is 16.5 Å². The van der Waals surface area contributed by atoms with Gasteiger partial charge < -0.3 is 5.32 Å². The van der Waals surface area contributed by atoms with Gasteiger partial charge in [-0.1, -0.05) is 30.3 Å². The van der Waals surface area contributed by atoms with Crippen molar-refractivity contribution >= 4 is 10.9 Å². The van der Waals surface area contributed by atoms with Crippen molar-refractivity contribution in [2.45, 2.75) is 18.9 Å². The van der Waals surface area contributed by atoms with Crippen LogP contribution in [0.2, 0.25) is 0 Å². The van der Waals surface area contributed by atoms with Gasteiger partial charge in [-0.2, -0.15) is 0 Å². The third kappa shape index (κ3) is 3.09. The van der Waals surface area contributed by atoms with Gasteiger partial charge in [-0.05, 0) is 43.1 Å². The lowest BCUT2D eigenvalue weighted by Gasteiger charge is -2.18. The molecule has 0 aliphatic rings. The predicted octanol–water partition coefficient (Wildman–Crippen LogP) is 3.52. The van der Waals surface area contributed by atoms with Gasteiger partial charge in [-0.3, -0.25) is 9.97 Å². The molecule has 2 heterocycles. The first-order valence-corrected chi connectivity index (χ1v) is 7.28. The summed E-state index contributed by atoms with van der Waals surface area (Å²) in [6, 6.07) is 14.9. The van der Waals surface area contributed by atoms with Gasteiger partial charge in [0.25, 0.3) is 0 Å². The number of para-hydroxylation sites is 1. The van der Waals surface area contributed by atoms with Crippen molar-refractivity contribution < 1.29 is 0 Å². The summed E-state index contributed by atoms with van der Waals surface area (Å²) in [5.74, 6) is 0. The van der Waals surface area contributed by atoms with E-state index in [0.717, 1.165) is 18.4 Å². The second-order valence-electron chi connectivity index (χ2n) is 5.16. The van der Waals surface area contributed by atoms with Gasteiger partial charge in [0, 0.05) is 30.0 Å². The first-order chi connectivity index (χ1) is 10.4. The average Bonchev–Trinajstić information content (AvgIpc) is 2.56. The zero-order chi connectivity index (χ0) is 14.5. The first kappa shape index (κ1) is 13.7. The van der Waals surface area contributed by atoms with Gasteiger partial charge in [0.1, 0.15) is 0 Å². The highest BCUT2D eigenvalue weighted by molar-refractivity contribution is 5.82. The normalized spacial score (nSPS) is 12.4. The van der Waals surface area contributed by atoms with Crippen molar-refractivity contribution in [1.29, 1.82) is 0 Å². The molecule has 0 spiro atoms. The minimum Gasteiger partial charge on any atom is -0.313 e. The molecule has 3 aromatic rings. The van der Waals surface area contributed by atoms with Crippen molar-refractivity contribution in [3.05, 3.63) is 72.2 Å². The van der Waals surface area contributed by atoms with Crippen LogP contribution in [-0.4, -0.2) is 17.0 Å². The lowest BCUT2D eigenvalue weighted by atomic mass is 9.97. The average molecular weight is 277 g/mol. The van der Waals surface area contributed by atoms with Crippen molar-refractivity contribution in [3.63, 3.8) is 0 Å². The molecule has 1 atom stereocenters. The molecule has 106 valence electrons. The third-order valence-corrected chi connectivity index (χ3v) is 3.83. The monoisotopic (exact) mass is 277 g/mol. The summed E-state index contributed by atoms with van der Waals surface area (Å²) >= 11 is 0. The van der Waals surface area contributed by atoms with Crippen LogP contribution in [0.15, 0.2) is 61.1 Å². The van der Waals surface area contributed by atoms with Crippen LogP contribution in [0.1, 0.15) is 23.6 Å². The smallest absolute Gasteiger partial charge is 0.0749 e. The van der Waals surface area contributed by atoms with E-state index < -0.39 is 0 Å². The quantitative estimate of drug-likeness (QED) is 0.775. The highest BCUT2D eigenvalue weighted by Crippen LogP contribution is 2.25. The zero-order valence-electron chi connectivity index (χ0n) is 12.2. The molecule has 3 nitrogen and oxygen atoms in total. The van der Waals surface area contributed by atoms with Gasteiger partial charge in [-0.15, -0.1) is 0 Å². The Balaban J connectivity index is 1.85. The maximum Gasteiger partial charge on any atom is 0.0749 e. The van der Waals surface area contributed by atoms with Gasteiger partial charge in [0.15, 0.2) is 0 Å². The van der Waals surface area contributed by atoms with Crippen molar-refractivity contribution in [3.8, 4) is 0 Å². The van der Waals surface area contributed by atoms with Crippen LogP contribution in [0.5, 0.6) is 0 Å². The summed E-state index contributed by atoms with van der Waals surface area (Å²) in [6.07, 6.45) is 7.64. The summed E-state index contributed by atoms with van der Waals surface area (Å²) in [6.45, 7) is 0. The fourth-order valence-electron chi connectivity index (χ4n) is 2.72. The van der Waals surface area contributed by atoms with Crippen LogP contribution in [0.4, 0.5) is 0 Å². The Bertz CT molecular complexity index is 704. The van der Waals surface area contributed by atoms with E-state index in [2.05, 4.69) is 45.6 Å². The van der Waals surface area contributed by atoms with Crippen LogP contribution >= 0.6 is 0 Å². The van der Waals surface area contributed by atoms with E-state index in [1.807, 2.05) is 37.8 Å². The highest BCUT2D eigenvalue weighted by Gasteiger charge is 2.13. The molecule has 0 amide bonds. The third-order valence-electron chi connectivity index (χ3n) is 3.83. The summed E-state index contributed by atoms with van der Waals surface area (Å²) in [4.78, 5) is 8.73. The Morgan fingerprint density at radius 3 is 2.71 bits per heavy atom. The van der Waals surface area contributed by atoms with E-state index in [9.17, 15) is 0 Å². The van der Waals surface area contributed by atoms with Crippen molar-refractivity contribution in [2.75, 3.05) is 7.05 Å². The number of hydrogen-bond acceptors (Lipinski definition) is 3. The largest absolute Gasteiger partial charge is 0.313 e. The Morgan fingerprint density at radius 1 is 1.05 bits per heavy atom. The summed E-state index contributed by atoms with van der Waals surface area (Å²) in [5.41, 5.74) is 3.62. The maximum absolute atomic E-state index is 4.55. The van der Waals surface area contributed by atoms with Gasteiger partial charge in [0.2, 0.25) is 0 Å². The minimum absolute atomic E-state index is 0.295. The van der Waals surface area contributed by atoms with Crippen LogP contribution in [0.3, 0.4) is 0 Å². The lowest BCUT2D eigenvalue weighted by Crippen LogP contribution is -2.17. The fraction of sp³-hybridized carbons (Fsp3) is 0.222. The number of nitrogens with one attached hydrogen (secondary N) is 1. The molecule has 1 N–H and O–H groups in total. The molecule has 21 heavy (non-hydrogen) atoms. The number of fused-ring (bicyclic) bond motifs is 1. The molecule has 0 saturated carbocycles. The molecule has 1 aromatic carbocycles. The molecular formula is C18H19N3. The molecule has 0 bridgehead atoms. The number of rotatable bonds is 5. The van der Waals surface area contributed by atoms with Crippen molar-refractivity contribution in [2.24, 2.45) is 0 Å². The van der Waals surface area contributed by atoms with Crippen LogP contribution in [0, 0.1) is 0 Å². The fourth-order valence-corrected chi connectivity index (χ4v) is 2.72. The van der Waals surface area contributed by atoms with Gasteiger partial charge in [-0.25, -0.2) is 0 Å². The zero-order valence-corrected chi connectivity index (χ0v) is 12.2. The van der Waals surface area contributed by atoms with Gasteiger partial charge >= 0.3 is 0 Å². The minimum atomic E-state index is 0.295. The molecule has 3 heteroatoms. The second-order valence-corrected chi connectivity index (χ2v) is 5.16. The van der Waals surface area contributed by atoms with E-state index in [4.69, 9.17) is 0 Å². The molecule has 0 fully saturated rings. The van der Waals surface area contributed by atoms with E-state index in [0.29, 0.717) is 6.04 Å². The van der Waals surface area contributed by atoms with Crippen LogP contribution in [0.25, 0.3) is 10.9 Å². The van der Waals surface area contributed by atoms with E-state index >= 15 is 0 Å². The van der Waals surface area contributed by atoms with Crippen molar-refractivity contribution in [1.82, 2.24) is 15.3 Å². The Labute approximate surface area is 125 Å². The summed E-state index contributed by atoms with van der Waals surface area (Å²) in [5, 5.41) is 4.61. The SMILES string of the molecule is CNC(CCc1cccnc1)c1cccc2cccnc12. The Hall–Kier alpha value is -2.26. The predicted molar refractivity (Wildman–Crippen MR) is 86.1 cm³/mol. The lowest BCUT2D eigenvalue weighted by molar-refractivity contribution is 0.551. The summed E-state index contributed by atoms with van der Waals surface area (Å²) in [7, 11) is 2.01. The number of aromatic nitrogens is 2. The molecule has 3 rings (SSSR count). The Kier molecular flexibility index (Phi) is 4.22. The molecule has 0 aliphatic carbocycles. The van der Waals surface area contributed by atoms with Crippen LogP contribution in [-0.2, 0) is 6.42 Å². The molecule has 0 saturated heterocycles. The van der Waals surface area contributed by atoms with Crippen LogP contribution < -0.4 is 5.32 Å². The van der Waals surface area contributed by atoms with E-state index in [-0.39, 0.29) is 0 Å². The number of benzene rings is 1. The summed E-state index contributed by atoms with van der Waals surface area (Å²) < 4.78 is 0. The Morgan fingerprint density at radius 2 is 1.90 bits per heavy atom. The number of hydrogen-bond donors (Lipinski definition) is 1. The number of nitrogens with zero attached hydrogens (tertiary/aromatic N) is 2. The van der Waals surface area contributed by atoms with Gasteiger partial charge in [0.05, 0.1) is 5.52 Å². The second kappa shape index (κ2) is 6.46. The number of pyridine rings is 2. The van der Waals surface area contributed by atoms with E-state index in [1.54, 1.807) is 0 Å².